The third-order valence-electron chi connectivity index (χ3n) is 17.6. The number of ketones is 2. The van der Waals surface area contributed by atoms with Crippen LogP contribution in [0, 0.1) is 29.1 Å². The van der Waals surface area contributed by atoms with Crippen molar-refractivity contribution in [2.45, 2.75) is 92.9 Å². The SMILES string of the molecule is CC(=O)Oc1ccc(C[C@H](C)CC(C)C(C)(C)C)cc1NC(=O)CCOCCOCCOCCCC(=O)C#CC(=O)NCCOCCOCCOCCC(=O)CCCOCCOCCOCCOCCOCCOCCOCCOCCOCCOCCOCCOCCOCCOCCOCCOCCOCCOCCOCCOCCOCCOCCOCCO. The largest absolute Gasteiger partial charge is 0.424 e. The highest BCUT2D eigenvalue weighted by atomic mass is 16.6. The lowest BCUT2D eigenvalue weighted by Gasteiger charge is -2.29. The summed E-state index contributed by atoms with van der Waals surface area (Å²) in [6, 6.07) is 5.53. The number of benzene rings is 1. The molecule has 0 heterocycles. The van der Waals surface area contributed by atoms with Gasteiger partial charge in [0.1, 0.15) is 5.78 Å². The lowest BCUT2D eigenvalue weighted by Crippen LogP contribution is -2.26. The first-order valence-electron chi connectivity index (χ1n) is 45.5. The zero-order chi connectivity index (χ0) is 92.5. The maximum Gasteiger partial charge on any atom is 0.308 e. The fourth-order valence-electron chi connectivity index (χ4n) is 10.4. The van der Waals surface area contributed by atoms with Crippen molar-refractivity contribution in [3.8, 4) is 17.6 Å². The molecule has 3 N–H and O–H groups in total. The number of aliphatic hydroxyl groups excluding tert-OH is 1. The Balaban J connectivity index is 1.71. The summed E-state index contributed by atoms with van der Waals surface area (Å²) in [4.78, 5) is 60.9. The minimum absolute atomic E-state index is 0.0127. The molecule has 0 aliphatic heterocycles. The van der Waals surface area contributed by atoms with Crippen LogP contribution in [-0.2, 0) is 168 Å². The highest BCUT2D eigenvalue weighted by Gasteiger charge is 2.23. The van der Waals surface area contributed by atoms with Gasteiger partial charge < -0.3 is 158 Å². The second kappa shape index (κ2) is 96.9. The van der Waals surface area contributed by atoms with Gasteiger partial charge in [0.05, 0.1) is 389 Å². The number of ether oxygens (including phenoxy) is 30. The maximum atomic E-state index is 12.8. The Morgan fingerprint density at radius 2 is 0.594 bits per heavy atom. The Hall–Kier alpha value is -4.67. The Morgan fingerprint density at radius 1 is 0.328 bits per heavy atom. The summed E-state index contributed by atoms with van der Waals surface area (Å²) in [5.74, 6) is 4.33. The molecule has 2 atom stereocenters. The molecule has 0 radical (unpaired) electrons. The van der Waals surface area contributed by atoms with E-state index in [0.717, 1.165) is 18.4 Å². The molecule has 0 saturated carbocycles. The number of nitrogens with one attached hydrogen (secondary N) is 2. The van der Waals surface area contributed by atoms with Gasteiger partial charge in [-0.2, -0.15) is 0 Å². The number of carbonyl (C=O) groups excluding carboxylic acids is 5. The minimum Gasteiger partial charge on any atom is -0.424 e. The lowest BCUT2D eigenvalue weighted by molar-refractivity contribution is -0.132. The van der Waals surface area contributed by atoms with Gasteiger partial charge in [0.15, 0.2) is 5.75 Å². The second-order valence-corrected chi connectivity index (χ2v) is 29.4. The number of rotatable bonds is 103. The van der Waals surface area contributed by atoms with Gasteiger partial charge in [0, 0.05) is 51.9 Å². The first-order valence-corrected chi connectivity index (χ1v) is 45.5. The van der Waals surface area contributed by atoms with Crippen molar-refractivity contribution in [2.75, 3.05) is 402 Å². The highest BCUT2D eigenvalue weighted by molar-refractivity contribution is 6.03. The Labute approximate surface area is 761 Å². The van der Waals surface area contributed by atoms with Crippen LogP contribution in [0.5, 0.6) is 5.75 Å². The van der Waals surface area contributed by atoms with Gasteiger partial charge in [0.25, 0.3) is 5.91 Å². The van der Waals surface area contributed by atoms with Gasteiger partial charge in [-0.1, -0.05) is 40.7 Å². The van der Waals surface area contributed by atoms with E-state index < -0.39 is 11.9 Å². The molecule has 748 valence electrons. The smallest absolute Gasteiger partial charge is 0.308 e. The van der Waals surface area contributed by atoms with E-state index in [1.165, 1.54) is 6.92 Å². The van der Waals surface area contributed by atoms with E-state index in [1.54, 1.807) is 6.07 Å². The normalized spacial score (nSPS) is 12.1. The molecular weight excluding hydrogens is 1680 g/mol. The number of esters is 1. The van der Waals surface area contributed by atoms with Crippen LogP contribution in [0.25, 0.3) is 0 Å². The molecule has 38 nitrogen and oxygen atoms in total. The van der Waals surface area contributed by atoms with Gasteiger partial charge in [-0.25, -0.2) is 0 Å². The van der Waals surface area contributed by atoms with Crippen molar-refractivity contribution in [3.05, 3.63) is 23.8 Å². The van der Waals surface area contributed by atoms with Gasteiger partial charge in [0.2, 0.25) is 11.7 Å². The van der Waals surface area contributed by atoms with Crippen LogP contribution in [0.4, 0.5) is 5.69 Å². The summed E-state index contributed by atoms with van der Waals surface area (Å²) in [6.45, 7) is 37.8. The molecule has 0 fully saturated rings. The average molecular weight is 1850 g/mol. The quantitative estimate of drug-likeness (QED) is 0.0257. The lowest BCUT2D eigenvalue weighted by atomic mass is 9.76. The van der Waals surface area contributed by atoms with Crippen molar-refractivity contribution in [1.82, 2.24) is 5.32 Å². The van der Waals surface area contributed by atoms with Crippen molar-refractivity contribution < 1.29 is 171 Å². The fraction of sp³-hybridized carbons (Fsp3) is 0.856. The molecule has 38 heteroatoms. The van der Waals surface area contributed by atoms with Crippen molar-refractivity contribution in [1.29, 1.82) is 0 Å². The van der Waals surface area contributed by atoms with Gasteiger partial charge >= 0.3 is 5.97 Å². The Kier molecular flexibility index (Phi) is 91.8. The maximum absolute atomic E-state index is 12.8. The van der Waals surface area contributed by atoms with Crippen molar-refractivity contribution in [3.63, 3.8) is 0 Å². The topological polar surface area (TPSA) is 407 Å². The molecule has 0 aliphatic carbocycles. The molecule has 128 heavy (non-hydrogen) atoms. The van der Waals surface area contributed by atoms with E-state index in [4.69, 9.17) is 147 Å². The molecular formula is C90H162N2O36. The van der Waals surface area contributed by atoms with Crippen LogP contribution in [-0.4, -0.2) is 431 Å². The van der Waals surface area contributed by atoms with Crippen molar-refractivity contribution in [2.24, 2.45) is 17.3 Å². The molecule has 0 spiro atoms. The van der Waals surface area contributed by atoms with E-state index >= 15 is 0 Å². The number of anilines is 1. The number of amides is 2. The Morgan fingerprint density at radius 3 is 0.883 bits per heavy atom. The van der Waals surface area contributed by atoms with Crippen LogP contribution in [0.1, 0.15) is 92.1 Å². The van der Waals surface area contributed by atoms with Crippen LogP contribution in [0.15, 0.2) is 18.2 Å². The number of Topliss-reactive ketones (excluding diaryl/α,β-unsaturated/α-hetero) is 2. The molecule has 2 amide bonds. The molecule has 1 unspecified atom stereocenters. The van der Waals surface area contributed by atoms with E-state index in [1.807, 2.05) is 12.1 Å². The summed E-state index contributed by atoms with van der Waals surface area (Å²) in [5, 5.41) is 14.1. The molecule has 0 aliphatic rings. The zero-order valence-electron chi connectivity index (χ0n) is 78.2. The van der Waals surface area contributed by atoms with Gasteiger partial charge in [-0.05, 0) is 66.6 Å². The van der Waals surface area contributed by atoms with Crippen LogP contribution < -0.4 is 15.4 Å². The zero-order valence-corrected chi connectivity index (χ0v) is 78.2. The van der Waals surface area contributed by atoms with E-state index in [-0.39, 0.29) is 68.7 Å². The number of hydrogen-bond donors (Lipinski definition) is 3. The molecule has 1 rings (SSSR count). The van der Waals surface area contributed by atoms with E-state index in [0.29, 0.717) is 412 Å². The highest BCUT2D eigenvalue weighted by Crippen LogP contribution is 2.33. The molecule has 0 aromatic heterocycles. The number of aliphatic hydroxyl groups is 1. The van der Waals surface area contributed by atoms with Crippen molar-refractivity contribution >= 4 is 35.0 Å². The molecule has 0 saturated heterocycles. The van der Waals surface area contributed by atoms with Crippen LogP contribution in [0.3, 0.4) is 0 Å². The monoisotopic (exact) mass is 1850 g/mol. The molecule has 1 aromatic carbocycles. The van der Waals surface area contributed by atoms with Crippen LogP contribution >= 0.6 is 0 Å². The molecule has 1 aromatic rings. The van der Waals surface area contributed by atoms with Crippen LogP contribution in [0.2, 0.25) is 0 Å². The Bertz CT molecular complexity index is 2680. The third kappa shape index (κ3) is 91.8. The van der Waals surface area contributed by atoms with Gasteiger partial charge in [-0.15, -0.1) is 0 Å². The van der Waals surface area contributed by atoms with Gasteiger partial charge in [-0.3, -0.25) is 24.0 Å². The minimum atomic E-state index is -0.578. The molecule has 0 bridgehead atoms. The van der Waals surface area contributed by atoms with E-state index in [9.17, 15) is 24.0 Å². The average Bonchev–Trinajstić information content (AvgIpc) is 0.842. The van der Waals surface area contributed by atoms with E-state index in [2.05, 4.69) is 57.1 Å². The summed E-state index contributed by atoms with van der Waals surface area (Å²) < 4.78 is 165. The second-order valence-electron chi connectivity index (χ2n) is 29.4. The standard InChI is InChI=1S/C90H162N2O36/c1-80(77-81(2)90(4,5)6)78-83-11-13-87(128-82(3)94)86(79-83)92-89(98)16-22-102-28-34-105-31-25-99-19-7-9-84(95)12-14-88(97)91-17-23-103-29-35-107-33-27-101-21-15-85(96)10-8-20-100-26-32-106-37-39-109-41-43-111-45-47-113-49-51-115-53-55-117-57-59-119-61-63-121-65-67-123-69-71-125-73-75-127-76-74-126-72-70-124-68-66-122-64-62-120-60-58-118-56-54-116-52-50-114-48-46-112-44-42-110-40-38-108-36-30-104-24-18-93/h11,13,79-81,93H,7-10,15-78H2,1-6H3,(H,91,97)(H,92,98)/t80-,81?/m1/s1. The summed E-state index contributed by atoms with van der Waals surface area (Å²) >= 11 is 0. The summed E-state index contributed by atoms with van der Waals surface area (Å²) in [6.07, 6.45) is 3.93. The summed E-state index contributed by atoms with van der Waals surface area (Å²) in [5.41, 5.74) is 1.72. The predicted molar refractivity (Wildman–Crippen MR) is 472 cm³/mol. The number of hydrogen-bond acceptors (Lipinski definition) is 36. The summed E-state index contributed by atoms with van der Waals surface area (Å²) in [7, 11) is 0. The predicted octanol–water partition coefficient (Wildman–Crippen LogP) is 4.87. The first-order chi connectivity index (χ1) is 62.7. The third-order valence-corrected chi connectivity index (χ3v) is 17.6. The first kappa shape index (κ1) is 121. The number of carbonyl (C=O) groups is 5. The fourth-order valence-corrected chi connectivity index (χ4v) is 10.4.